The van der Waals surface area contributed by atoms with Gasteiger partial charge in [0.15, 0.2) is 11.6 Å². The Balaban J connectivity index is 0.000000420. The number of nitrogens with one attached hydrogen (secondary N) is 4. The molecule has 12 heterocycles. The smallest absolute Gasteiger partial charge is 0.433 e. The third-order valence-corrected chi connectivity index (χ3v) is 21.9. The monoisotopic (exact) mass is 2180 g/mol. The molecular weight excluding hydrogens is 2080 g/mol. The molecule has 0 radical (unpaired) electrons. The number of benzene rings is 1. The maximum Gasteiger partial charge on any atom is 0.433 e. The second-order valence-electron chi connectivity index (χ2n) is 31.1. The average Bonchev–Trinajstić information content (AvgIpc) is 1.64. The predicted octanol–water partition coefficient (Wildman–Crippen LogP) is 8.84. The molecule has 4 aliphatic heterocycles. The van der Waals surface area contributed by atoms with Crippen LogP contribution in [0.2, 0.25) is 0 Å². The summed E-state index contributed by atoms with van der Waals surface area (Å²) in [7, 11) is 13.6. The van der Waals surface area contributed by atoms with Crippen LogP contribution in [0.5, 0.6) is 0 Å². The number of rotatable bonds is 19. The summed E-state index contributed by atoms with van der Waals surface area (Å²) in [5.74, 6) is -13.1. The van der Waals surface area contributed by atoms with Crippen molar-refractivity contribution in [1.82, 2.24) is 99.1 Å². The second-order valence-corrected chi connectivity index (χ2v) is 32.2. The topological polar surface area (TPSA) is 604 Å². The van der Waals surface area contributed by atoms with Gasteiger partial charge in [0.2, 0.25) is 48.5 Å². The number of nitrogens with two attached hydrogens (primary N) is 1. The molecule has 0 spiro atoms. The molecule has 144 heavy (non-hydrogen) atoms. The summed E-state index contributed by atoms with van der Waals surface area (Å²) in [6, 6.07) is 14.3. The lowest BCUT2D eigenvalue weighted by Gasteiger charge is -2.19. The van der Waals surface area contributed by atoms with E-state index in [1.807, 2.05) is 66.8 Å². The number of carbonyl (C=O) groups is 8. The molecule has 61 heteroatoms. The van der Waals surface area contributed by atoms with Crippen LogP contribution in [0.3, 0.4) is 0 Å². The zero-order valence-electron chi connectivity index (χ0n) is 79.4. The molecule has 5 amide bonds. The highest BCUT2D eigenvalue weighted by atomic mass is 127. The standard InChI is InChI=1S/C16H16F2N4O2.C12H18F3N3O2.C12H17N3O3.C11H15N3O3.C10H13N3O3.C7H6F3N3O2.C5H4F3IN2.C5H6F3N3.C3H5NO2.2CO2/c1-8-6-12(21-22(8)2)9-7-19-15(23)13(9)16(24)20-11-5-3-4-10(17)14(11)18;1-4-8(5-2)9(7-18(19)20)10-6-11(12(13,14)15)17(3)16-10;1-4-18-12(17)10-8(6-13-11(10)16)9-5-7(2)15(3)14-9;1-6-4-8(12-14(6)3)7-5-13(2)10(15)9(7)11(16)17;1-5-3-7(12-13(5)2)6-4-11-9(14)8(6)10(15)16;1-12-6(7(8,9)10)4-5(11-12)2-3-13(14)15;2*1-11-3(5(6,7)8)2-4(9)10-11;1-2-3-4(5)6;2*2-1-3/h3-6,9,13H,7H2,1-2H3,(H,19,23)(H,20,24);6,8-9H,4-5,7H2,1-3H3;5,8,10H,4,6H2,1-3H3,(H,13,16);4,7,9H,5H2,1-3H3,(H,16,17);3,6,8H,4H2,1-2H3,(H,11,14)(H,15,16);2-4H,1H3;2H,1H3;2H,1H3,(H2,9,10);2-3H,1H3;;/b;;;;;3-2+;;;3-2+;;/t9-,13-;9-;8-,10-;7-,9-;6-,8-;;;;;;/m11111....../s1. The number of carboxylic acids is 2. The summed E-state index contributed by atoms with van der Waals surface area (Å²) < 4.78 is 189. The fourth-order valence-electron chi connectivity index (χ4n) is 14.1. The van der Waals surface area contributed by atoms with Crippen LogP contribution in [0.15, 0.2) is 85.2 Å². The van der Waals surface area contributed by atoms with Crippen LogP contribution in [0.25, 0.3) is 6.08 Å². The molecule has 9 atom stereocenters. The minimum Gasteiger partial charge on any atom is -0.481 e. The van der Waals surface area contributed by atoms with Gasteiger partial charge in [-0.2, -0.15) is 113 Å². The Morgan fingerprint density at radius 2 is 0.910 bits per heavy atom. The number of anilines is 2. The van der Waals surface area contributed by atoms with Crippen molar-refractivity contribution < 1.29 is 149 Å². The summed E-state index contributed by atoms with van der Waals surface area (Å²) in [4.78, 5) is 155. The second kappa shape index (κ2) is 54.6. The Hall–Kier alpha value is -15.4. The molecule has 0 bridgehead atoms. The largest absolute Gasteiger partial charge is 0.481 e. The van der Waals surface area contributed by atoms with Crippen molar-refractivity contribution in [1.29, 1.82) is 0 Å². The van der Waals surface area contributed by atoms with Crippen LogP contribution in [-0.2, 0) is 143 Å². The van der Waals surface area contributed by atoms with Crippen LogP contribution < -0.4 is 27.0 Å². The number of hydrogen-bond donors (Lipinski definition) is 7. The van der Waals surface area contributed by atoms with Crippen LogP contribution in [0.4, 0.5) is 73.0 Å². The van der Waals surface area contributed by atoms with Gasteiger partial charge in [0.05, 0.1) is 62.2 Å². The number of aromatic nitrogens is 16. The summed E-state index contributed by atoms with van der Waals surface area (Å²) in [5.41, 5.74) is 7.86. The van der Waals surface area contributed by atoms with Gasteiger partial charge < -0.3 is 46.9 Å². The number of likely N-dealkylation sites (N-methyl/N-ethyl adjacent to an activating group) is 1. The van der Waals surface area contributed by atoms with Crippen molar-refractivity contribution in [3.05, 3.63) is 211 Å². The first kappa shape index (κ1) is 123. The van der Waals surface area contributed by atoms with E-state index in [4.69, 9.17) is 39.9 Å². The number of hydrogen-bond acceptors (Lipinski definition) is 28. The molecule has 4 saturated heterocycles. The Morgan fingerprint density at radius 3 is 1.24 bits per heavy atom. The van der Waals surface area contributed by atoms with Gasteiger partial charge in [-0.1, -0.05) is 32.8 Å². The lowest BCUT2D eigenvalue weighted by Crippen LogP contribution is -2.32. The predicted molar refractivity (Wildman–Crippen MR) is 477 cm³/mol. The van der Waals surface area contributed by atoms with E-state index in [1.54, 1.807) is 89.4 Å². The number of carbonyl (C=O) groups excluding carboxylic acids is 10. The maximum absolute atomic E-state index is 13.7. The molecule has 788 valence electrons. The first-order chi connectivity index (χ1) is 66.8. The van der Waals surface area contributed by atoms with Crippen LogP contribution in [0, 0.1) is 103 Å². The zero-order chi connectivity index (χ0) is 110. The van der Waals surface area contributed by atoms with E-state index in [2.05, 4.69) is 62.1 Å². The van der Waals surface area contributed by atoms with E-state index in [0.717, 1.165) is 87.5 Å². The number of amides is 5. The number of nitrogen functional groups attached to an aromatic ring is 1. The van der Waals surface area contributed by atoms with E-state index in [9.17, 15) is 130 Å². The maximum atomic E-state index is 13.7. The van der Waals surface area contributed by atoms with Crippen LogP contribution >= 0.6 is 22.6 Å². The SMILES string of the molecule is C/C=C/[N+](=O)[O-].CCC(CC)[C@@H](C[N+](=O)[O-])c1cc(C(F)(F)F)n(C)n1.CCOC(=O)[C@H]1C(=O)NC[C@@H]1c1cc(C)n(C)n1.Cc1cc([C@H]2CN(C)C(=O)[C@@H]2C(=O)O)nn1C.Cc1cc([C@H]2CNC(=O)[C@@H]2C(=O)Nc2cccc(F)c2F)nn1C.Cc1cc([C@H]2CNC(=O)[C@@H]2C(=O)O)nn1C.Cn1nc(/C=C/[N+](=O)[O-])cc1C(F)(F)F.Cn1nc(I)cc1C(F)(F)F.Cn1nc(N)cc1C(F)(F)F.O=C=O.O=C=O. The molecular formula is C83H100F14IN25O21. The Bertz CT molecular complexity index is 5950. The van der Waals surface area contributed by atoms with Crippen molar-refractivity contribution in [2.24, 2.45) is 86.0 Å². The summed E-state index contributed by atoms with van der Waals surface area (Å²) in [6.07, 6.45) is -12.2. The number of likely N-dealkylation sites (tertiary alicyclic amines) is 1. The van der Waals surface area contributed by atoms with Gasteiger partial charge in [0, 0.05) is 159 Å². The highest BCUT2D eigenvalue weighted by molar-refractivity contribution is 14.1. The molecule has 8 aromatic heterocycles. The molecule has 0 unspecified atom stereocenters. The van der Waals surface area contributed by atoms with Gasteiger partial charge in [0.25, 0.3) is 0 Å². The van der Waals surface area contributed by atoms with E-state index in [1.165, 1.54) is 44.3 Å². The molecule has 1 aromatic carbocycles. The quantitative estimate of drug-likeness (QED) is 0.00992. The highest BCUT2D eigenvalue weighted by Crippen LogP contribution is 2.39. The van der Waals surface area contributed by atoms with Gasteiger partial charge in [-0.05, 0) is 125 Å². The summed E-state index contributed by atoms with van der Waals surface area (Å²) in [6.45, 7) is 16.0. The van der Waals surface area contributed by atoms with Gasteiger partial charge in [-0.3, -0.25) is 106 Å². The average molecular weight is 2180 g/mol. The minimum atomic E-state index is -4.51. The molecule has 9 aromatic rings. The first-order valence-corrected chi connectivity index (χ1v) is 42.9. The molecule has 8 N–H and O–H groups in total. The van der Waals surface area contributed by atoms with Crippen molar-refractivity contribution in [2.45, 2.75) is 123 Å². The molecule has 4 aliphatic rings. The lowest BCUT2D eigenvalue weighted by molar-refractivity contribution is -0.485. The summed E-state index contributed by atoms with van der Waals surface area (Å²) >= 11 is 1.73. The number of esters is 1. The minimum absolute atomic E-state index is 0.0589. The number of nitrogens with zero attached hydrogens (tertiary/aromatic N) is 20. The van der Waals surface area contributed by atoms with Gasteiger partial charge in [-0.15, -0.1) is 0 Å². The number of halogens is 15. The number of ether oxygens (including phenoxy) is 1. The Morgan fingerprint density at radius 1 is 0.535 bits per heavy atom. The van der Waals surface area contributed by atoms with E-state index < -0.39 is 152 Å². The van der Waals surface area contributed by atoms with Crippen molar-refractivity contribution in [3.63, 3.8) is 0 Å². The molecule has 4 fully saturated rings. The third kappa shape index (κ3) is 35.7. The Labute approximate surface area is 820 Å². The van der Waals surface area contributed by atoms with Gasteiger partial charge in [0.1, 0.15) is 56.0 Å². The van der Waals surface area contributed by atoms with E-state index in [-0.39, 0.29) is 83.8 Å². The molecule has 0 saturated carbocycles. The summed E-state index contributed by atoms with van der Waals surface area (Å²) in [5, 5.41) is 89.6. The number of aliphatic carboxylic acids is 2. The van der Waals surface area contributed by atoms with Crippen molar-refractivity contribution in [3.8, 4) is 0 Å². The fraction of sp³-hybridized carbons (Fsp3) is 0.470. The number of aryl methyl sites for hydroxylation is 12. The number of nitro groups is 3. The van der Waals surface area contributed by atoms with Crippen LogP contribution in [-0.4, -0.2) is 214 Å². The van der Waals surface area contributed by atoms with Crippen LogP contribution in [0.1, 0.15) is 150 Å². The van der Waals surface area contributed by atoms with Gasteiger partial charge >= 0.3 is 54.9 Å². The zero-order valence-corrected chi connectivity index (χ0v) is 81.6. The van der Waals surface area contributed by atoms with Crippen molar-refractivity contribution >= 4 is 99.9 Å². The first-order valence-electron chi connectivity index (χ1n) is 41.8. The van der Waals surface area contributed by atoms with E-state index in [0.29, 0.717) is 68.8 Å². The number of carboxylic acid groups (broad SMARTS) is 2. The van der Waals surface area contributed by atoms with Crippen molar-refractivity contribution in [2.75, 3.05) is 57.4 Å². The Kier molecular flexibility index (Phi) is 46.6. The number of allylic oxidation sites excluding steroid dienone is 1. The lowest BCUT2D eigenvalue weighted by atomic mass is 9.85. The molecule has 13 rings (SSSR count). The molecule has 46 nitrogen and oxygen atoms in total. The molecule has 0 aliphatic carbocycles. The highest BCUT2D eigenvalue weighted by Gasteiger charge is 2.49. The van der Waals surface area contributed by atoms with Gasteiger partial charge in [-0.25, -0.2) is 8.78 Å². The van der Waals surface area contributed by atoms with E-state index >= 15 is 0 Å². The normalized spacial score (nSPS) is 17.4. The third-order valence-electron chi connectivity index (χ3n) is 21.4. The fourth-order valence-corrected chi connectivity index (χ4v) is 14.7. The number of alkyl halides is 12.